The molecule has 148 valence electrons. The molecule has 2 nitrogen and oxygen atoms in total. The van der Waals surface area contributed by atoms with Crippen LogP contribution in [0, 0.1) is 17.8 Å². The maximum absolute atomic E-state index is 6.51. The zero-order chi connectivity index (χ0) is 20.4. The Balaban J connectivity index is 2.88. The minimum atomic E-state index is -1.81. The van der Waals surface area contributed by atoms with Crippen molar-refractivity contribution in [3.8, 4) is 12.3 Å². The first kappa shape index (κ1) is 23.3. The van der Waals surface area contributed by atoms with E-state index in [1.54, 1.807) is 0 Å². The van der Waals surface area contributed by atoms with E-state index in [9.17, 15) is 0 Å². The molecule has 0 aromatic heterocycles. The monoisotopic (exact) mass is 392 g/mol. The summed E-state index contributed by atoms with van der Waals surface area (Å²) in [6.45, 7) is 23.5. The van der Waals surface area contributed by atoms with E-state index in [0.29, 0.717) is 13.0 Å². The van der Waals surface area contributed by atoms with Gasteiger partial charge < -0.3 is 8.85 Å². The Hall–Kier alpha value is -0.766. The molecule has 0 aromatic rings. The van der Waals surface area contributed by atoms with Gasteiger partial charge in [-0.15, -0.1) is 12.3 Å². The first-order valence-corrected chi connectivity index (χ1v) is 15.5. The molecular formula is C22H40O2Si2. The lowest BCUT2D eigenvalue weighted by Gasteiger charge is -2.41. The fourth-order valence-corrected chi connectivity index (χ4v) is 4.38. The summed E-state index contributed by atoms with van der Waals surface area (Å²) < 4.78 is 13.0. The van der Waals surface area contributed by atoms with Crippen molar-refractivity contribution in [2.75, 3.05) is 6.61 Å². The lowest BCUT2D eigenvalue weighted by Crippen LogP contribution is -2.44. The van der Waals surface area contributed by atoms with Gasteiger partial charge in [-0.25, -0.2) is 0 Å². The molecule has 26 heavy (non-hydrogen) atoms. The van der Waals surface area contributed by atoms with E-state index in [1.807, 2.05) is 0 Å². The molecule has 0 N–H and O–H groups in total. The van der Waals surface area contributed by atoms with E-state index in [2.05, 4.69) is 91.9 Å². The maximum Gasteiger partial charge on any atom is 0.250 e. The van der Waals surface area contributed by atoms with Crippen molar-refractivity contribution >= 4 is 16.6 Å². The van der Waals surface area contributed by atoms with Crippen molar-refractivity contribution in [1.82, 2.24) is 0 Å². The standard InChI is InChI=1S/C22H40O2Si2/c1-12-15-22(18-23-25(8,9)20(2,3)4)16-13-19(14-17-22)24-26(10,11)21(5,6)7/h1,13-14,16H,15,17-18H2,2-11H3/t22-/m1/s1. The van der Waals surface area contributed by atoms with Gasteiger partial charge in [-0.3, -0.25) is 0 Å². The molecule has 1 aliphatic rings. The molecule has 0 heterocycles. The Morgan fingerprint density at radius 3 is 1.96 bits per heavy atom. The molecule has 4 heteroatoms. The number of rotatable bonds is 6. The first-order valence-electron chi connectivity index (χ1n) is 9.71. The van der Waals surface area contributed by atoms with Gasteiger partial charge in [0.25, 0.3) is 0 Å². The van der Waals surface area contributed by atoms with Crippen LogP contribution in [0.25, 0.3) is 0 Å². The van der Waals surface area contributed by atoms with Gasteiger partial charge in [0.2, 0.25) is 8.32 Å². The lowest BCUT2D eigenvalue weighted by atomic mass is 9.79. The van der Waals surface area contributed by atoms with E-state index in [4.69, 9.17) is 15.3 Å². The van der Waals surface area contributed by atoms with Crippen LogP contribution in [0.3, 0.4) is 0 Å². The van der Waals surface area contributed by atoms with E-state index in [0.717, 1.165) is 12.2 Å². The number of allylic oxidation sites excluding steroid dienone is 2. The van der Waals surface area contributed by atoms with Crippen LogP contribution in [0.15, 0.2) is 24.0 Å². The van der Waals surface area contributed by atoms with Crippen LogP contribution in [0.5, 0.6) is 0 Å². The normalized spacial score (nSPS) is 22.0. The Kier molecular flexibility index (Phi) is 6.89. The largest absolute Gasteiger partial charge is 0.544 e. The molecule has 1 rings (SSSR count). The molecular weight excluding hydrogens is 352 g/mol. The predicted molar refractivity (Wildman–Crippen MR) is 119 cm³/mol. The van der Waals surface area contributed by atoms with Gasteiger partial charge >= 0.3 is 0 Å². The lowest BCUT2D eigenvalue weighted by molar-refractivity contribution is 0.175. The van der Waals surface area contributed by atoms with Gasteiger partial charge in [0, 0.05) is 18.4 Å². The van der Waals surface area contributed by atoms with Crippen LogP contribution in [0.1, 0.15) is 54.4 Å². The van der Waals surface area contributed by atoms with Crippen LogP contribution < -0.4 is 0 Å². The summed E-state index contributed by atoms with van der Waals surface area (Å²) in [5.41, 5.74) is -0.107. The van der Waals surface area contributed by atoms with Crippen LogP contribution >= 0.6 is 0 Å². The maximum atomic E-state index is 6.51. The third-order valence-electron chi connectivity index (χ3n) is 6.47. The summed E-state index contributed by atoms with van der Waals surface area (Å²) in [7, 11) is -3.61. The summed E-state index contributed by atoms with van der Waals surface area (Å²) in [6.07, 6.45) is 13.8. The SMILES string of the molecule is C#CC[C@@]1(CO[Si](C)(C)C(C)(C)C)C=CC(O[Si](C)(C)C(C)(C)C)=CC1. The molecule has 0 spiro atoms. The molecule has 0 unspecified atom stereocenters. The molecule has 0 saturated carbocycles. The average molecular weight is 393 g/mol. The highest BCUT2D eigenvalue weighted by Gasteiger charge is 2.41. The summed E-state index contributed by atoms with van der Waals surface area (Å²) in [4.78, 5) is 0. The number of terminal acetylenes is 1. The van der Waals surface area contributed by atoms with Crippen molar-refractivity contribution in [2.45, 2.75) is 90.6 Å². The number of hydrogen-bond donors (Lipinski definition) is 0. The van der Waals surface area contributed by atoms with Gasteiger partial charge in [0.15, 0.2) is 8.32 Å². The van der Waals surface area contributed by atoms with Crippen LogP contribution in [-0.2, 0) is 8.85 Å². The van der Waals surface area contributed by atoms with Crippen LogP contribution in [-0.4, -0.2) is 23.2 Å². The Bertz CT molecular complexity index is 595. The van der Waals surface area contributed by atoms with E-state index in [-0.39, 0.29) is 15.5 Å². The zero-order valence-electron chi connectivity index (χ0n) is 18.7. The summed E-state index contributed by atoms with van der Waals surface area (Å²) in [5, 5.41) is 0.398. The molecule has 0 aromatic carbocycles. The van der Waals surface area contributed by atoms with Gasteiger partial charge in [-0.05, 0) is 54.8 Å². The Labute approximate surface area is 164 Å². The first-order chi connectivity index (χ1) is 11.6. The summed E-state index contributed by atoms with van der Waals surface area (Å²) in [5.74, 6) is 3.86. The van der Waals surface area contributed by atoms with Crippen molar-refractivity contribution < 1.29 is 8.85 Å². The van der Waals surface area contributed by atoms with Gasteiger partial charge in [0.05, 0.1) is 5.76 Å². The second kappa shape index (κ2) is 7.69. The van der Waals surface area contributed by atoms with Crippen LogP contribution in [0.4, 0.5) is 0 Å². The quantitative estimate of drug-likeness (QED) is 0.362. The topological polar surface area (TPSA) is 18.5 Å². The molecule has 0 aliphatic heterocycles. The Morgan fingerprint density at radius 2 is 1.58 bits per heavy atom. The van der Waals surface area contributed by atoms with Gasteiger partial charge in [-0.2, -0.15) is 0 Å². The van der Waals surface area contributed by atoms with Crippen LogP contribution in [0.2, 0.25) is 36.3 Å². The van der Waals surface area contributed by atoms with E-state index < -0.39 is 16.6 Å². The average Bonchev–Trinajstić information content (AvgIpc) is 2.45. The highest BCUT2D eigenvalue weighted by molar-refractivity contribution is 6.74. The zero-order valence-corrected chi connectivity index (χ0v) is 20.7. The molecule has 0 saturated heterocycles. The predicted octanol–water partition coefficient (Wildman–Crippen LogP) is 6.88. The van der Waals surface area contributed by atoms with Crippen molar-refractivity contribution in [2.24, 2.45) is 5.41 Å². The van der Waals surface area contributed by atoms with Gasteiger partial charge in [-0.1, -0.05) is 47.6 Å². The van der Waals surface area contributed by atoms with Crippen molar-refractivity contribution in [3.05, 3.63) is 24.0 Å². The van der Waals surface area contributed by atoms with Crippen molar-refractivity contribution in [3.63, 3.8) is 0 Å². The highest BCUT2D eigenvalue weighted by Crippen LogP contribution is 2.42. The number of hydrogen-bond acceptors (Lipinski definition) is 2. The second-order valence-corrected chi connectivity index (χ2v) is 20.3. The minimum absolute atomic E-state index is 0.107. The summed E-state index contributed by atoms with van der Waals surface area (Å²) in [6, 6.07) is 0. The fraction of sp³-hybridized carbons (Fsp3) is 0.727. The third-order valence-corrected chi connectivity index (χ3v) is 15.3. The molecule has 1 atom stereocenters. The molecule has 0 amide bonds. The minimum Gasteiger partial charge on any atom is -0.544 e. The fourth-order valence-electron chi connectivity index (χ4n) is 2.26. The third kappa shape index (κ3) is 5.61. The van der Waals surface area contributed by atoms with Gasteiger partial charge in [0.1, 0.15) is 0 Å². The molecule has 0 bridgehead atoms. The Morgan fingerprint density at radius 1 is 1.04 bits per heavy atom. The highest BCUT2D eigenvalue weighted by atomic mass is 28.4. The summed E-state index contributed by atoms with van der Waals surface area (Å²) >= 11 is 0. The van der Waals surface area contributed by atoms with Crippen molar-refractivity contribution in [1.29, 1.82) is 0 Å². The molecule has 0 radical (unpaired) electrons. The molecule has 0 fully saturated rings. The van der Waals surface area contributed by atoms with E-state index >= 15 is 0 Å². The van der Waals surface area contributed by atoms with E-state index in [1.165, 1.54) is 0 Å². The smallest absolute Gasteiger partial charge is 0.250 e. The molecule has 1 aliphatic carbocycles. The second-order valence-electron chi connectivity index (χ2n) is 10.8.